The van der Waals surface area contributed by atoms with Crippen molar-refractivity contribution in [3.8, 4) is 0 Å². The number of amides is 1. The second kappa shape index (κ2) is 6.39. The van der Waals surface area contributed by atoms with Gasteiger partial charge in [-0.3, -0.25) is 19.4 Å². The Labute approximate surface area is 158 Å². The monoisotopic (exact) mass is 414 g/mol. The van der Waals surface area contributed by atoms with Gasteiger partial charge in [0.05, 0.1) is 17.0 Å². The van der Waals surface area contributed by atoms with Gasteiger partial charge in [0.15, 0.2) is 5.65 Å². The van der Waals surface area contributed by atoms with Crippen LogP contribution in [0.25, 0.3) is 11.0 Å². The standard InChI is InChI=1S/C19H19BrN4O2/c1-10(12-4-3-5-13(20)8-12)21-18(25)14-9-15(11-6-7-11)22-17-16(14)19(26)23-24(17)2/h3-5,8-11H,6-7H2,1-2H3,(H,21,25)(H,23,26)/t10-/m0/s1. The molecule has 4 rings (SSSR count). The van der Waals surface area contributed by atoms with Crippen molar-refractivity contribution in [2.45, 2.75) is 31.7 Å². The molecule has 1 saturated carbocycles. The number of fused-ring (bicyclic) bond motifs is 1. The molecule has 1 aromatic carbocycles. The molecule has 1 aliphatic rings. The summed E-state index contributed by atoms with van der Waals surface area (Å²) in [5, 5.41) is 6.05. The van der Waals surface area contributed by atoms with Crippen LogP contribution in [0.5, 0.6) is 0 Å². The maximum Gasteiger partial charge on any atom is 0.274 e. The van der Waals surface area contributed by atoms with Crippen LogP contribution in [-0.2, 0) is 7.05 Å². The Morgan fingerprint density at radius 3 is 2.85 bits per heavy atom. The number of carbonyl (C=O) groups excluding carboxylic acids is 1. The van der Waals surface area contributed by atoms with Gasteiger partial charge in [-0.15, -0.1) is 0 Å². The molecular weight excluding hydrogens is 396 g/mol. The number of carbonyl (C=O) groups is 1. The Hall–Kier alpha value is -2.41. The van der Waals surface area contributed by atoms with Gasteiger partial charge in [0.1, 0.15) is 0 Å². The minimum absolute atomic E-state index is 0.185. The van der Waals surface area contributed by atoms with E-state index in [2.05, 4.69) is 31.3 Å². The molecule has 1 atom stereocenters. The van der Waals surface area contributed by atoms with Gasteiger partial charge in [0.25, 0.3) is 11.5 Å². The number of benzene rings is 1. The van der Waals surface area contributed by atoms with E-state index in [4.69, 9.17) is 0 Å². The number of halogens is 1. The molecule has 2 heterocycles. The number of pyridine rings is 1. The summed E-state index contributed by atoms with van der Waals surface area (Å²) in [5.41, 5.74) is 2.49. The smallest absolute Gasteiger partial charge is 0.274 e. The Kier molecular flexibility index (Phi) is 4.19. The van der Waals surface area contributed by atoms with E-state index in [0.29, 0.717) is 22.5 Å². The van der Waals surface area contributed by atoms with Gasteiger partial charge in [0, 0.05) is 23.1 Å². The molecular formula is C19H19BrN4O2. The van der Waals surface area contributed by atoms with Gasteiger partial charge < -0.3 is 5.32 Å². The molecule has 6 nitrogen and oxygen atoms in total. The van der Waals surface area contributed by atoms with Crippen molar-refractivity contribution >= 4 is 32.9 Å². The molecule has 1 fully saturated rings. The van der Waals surface area contributed by atoms with Gasteiger partial charge in [0.2, 0.25) is 0 Å². The van der Waals surface area contributed by atoms with E-state index in [9.17, 15) is 9.59 Å². The number of aromatic nitrogens is 3. The number of rotatable bonds is 4. The Morgan fingerprint density at radius 1 is 1.38 bits per heavy atom. The molecule has 2 aromatic heterocycles. The van der Waals surface area contributed by atoms with Crippen molar-refractivity contribution < 1.29 is 4.79 Å². The lowest BCUT2D eigenvalue weighted by atomic mass is 10.1. The third-order valence-electron chi connectivity index (χ3n) is 4.77. The topological polar surface area (TPSA) is 79.8 Å². The number of hydrogen-bond acceptors (Lipinski definition) is 3. The first-order valence-electron chi connectivity index (χ1n) is 8.60. The number of nitrogens with zero attached hydrogens (tertiary/aromatic N) is 2. The van der Waals surface area contributed by atoms with Gasteiger partial charge in [-0.25, -0.2) is 4.98 Å². The summed E-state index contributed by atoms with van der Waals surface area (Å²) in [6.07, 6.45) is 2.15. The van der Waals surface area contributed by atoms with E-state index < -0.39 is 0 Å². The van der Waals surface area contributed by atoms with E-state index in [-0.39, 0.29) is 17.5 Å². The molecule has 0 bridgehead atoms. The molecule has 0 radical (unpaired) electrons. The van der Waals surface area contributed by atoms with Crippen molar-refractivity contribution in [3.05, 3.63) is 62.0 Å². The van der Waals surface area contributed by atoms with Crippen molar-refractivity contribution in [3.63, 3.8) is 0 Å². The largest absolute Gasteiger partial charge is 0.345 e. The quantitative estimate of drug-likeness (QED) is 0.686. The number of H-pyrrole nitrogens is 1. The number of aryl methyl sites for hydroxylation is 1. The van der Waals surface area contributed by atoms with Crippen LogP contribution in [0, 0.1) is 0 Å². The lowest BCUT2D eigenvalue weighted by molar-refractivity contribution is 0.0941. The van der Waals surface area contributed by atoms with Crippen LogP contribution in [0.1, 0.15) is 53.3 Å². The normalized spacial score (nSPS) is 15.2. The summed E-state index contributed by atoms with van der Waals surface area (Å²) in [5.74, 6) is 0.127. The van der Waals surface area contributed by atoms with E-state index in [0.717, 1.165) is 28.6 Å². The van der Waals surface area contributed by atoms with Crippen molar-refractivity contribution in [1.29, 1.82) is 0 Å². The SMILES string of the molecule is C[C@H](NC(=O)c1cc(C2CC2)nc2c1c(=O)[nH]n2C)c1cccc(Br)c1. The van der Waals surface area contributed by atoms with E-state index in [1.54, 1.807) is 17.8 Å². The van der Waals surface area contributed by atoms with Crippen LogP contribution in [0.4, 0.5) is 0 Å². The van der Waals surface area contributed by atoms with E-state index in [1.165, 1.54) is 0 Å². The van der Waals surface area contributed by atoms with Crippen LogP contribution in [0.3, 0.4) is 0 Å². The maximum absolute atomic E-state index is 13.0. The highest BCUT2D eigenvalue weighted by Gasteiger charge is 2.28. The molecule has 0 aliphatic heterocycles. The fraction of sp³-hybridized carbons (Fsp3) is 0.316. The zero-order valence-electron chi connectivity index (χ0n) is 14.5. The van der Waals surface area contributed by atoms with Crippen molar-refractivity contribution in [2.24, 2.45) is 7.05 Å². The van der Waals surface area contributed by atoms with Gasteiger partial charge >= 0.3 is 0 Å². The van der Waals surface area contributed by atoms with Crippen LogP contribution in [-0.4, -0.2) is 20.7 Å². The van der Waals surface area contributed by atoms with E-state index in [1.807, 2.05) is 31.2 Å². The minimum Gasteiger partial charge on any atom is -0.345 e. The minimum atomic E-state index is -0.294. The second-order valence-corrected chi connectivity index (χ2v) is 7.73. The molecule has 2 N–H and O–H groups in total. The van der Waals surface area contributed by atoms with Crippen molar-refractivity contribution in [2.75, 3.05) is 0 Å². The fourth-order valence-electron chi connectivity index (χ4n) is 3.18. The molecule has 26 heavy (non-hydrogen) atoms. The zero-order valence-corrected chi connectivity index (χ0v) is 16.1. The van der Waals surface area contributed by atoms with Gasteiger partial charge in [-0.05, 0) is 43.5 Å². The lowest BCUT2D eigenvalue weighted by Crippen LogP contribution is -2.27. The van der Waals surface area contributed by atoms with Gasteiger partial charge in [-0.2, -0.15) is 0 Å². The molecule has 7 heteroatoms. The Balaban J connectivity index is 1.73. The highest BCUT2D eigenvalue weighted by molar-refractivity contribution is 9.10. The van der Waals surface area contributed by atoms with Crippen LogP contribution >= 0.6 is 15.9 Å². The second-order valence-electron chi connectivity index (χ2n) is 6.82. The van der Waals surface area contributed by atoms with Crippen LogP contribution < -0.4 is 10.9 Å². The summed E-state index contributed by atoms with van der Waals surface area (Å²) in [4.78, 5) is 29.9. The predicted octanol–water partition coefficient (Wildman–Crippen LogP) is 3.39. The Morgan fingerprint density at radius 2 is 2.15 bits per heavy atom. The fourth-order valence-corrected chi connectivity index (χ4v) is 3.60. The molecule has 3 aromatic rings. The molecule has 0 unspecified atom stereocenters. The predicted molar refractivity (Wildman–Crippen MR) is 103 cm³/mol. The first-order chi connectivity index (χ1) is 12.4. The summed E-state index contributed by atoms with van der Waals surface area (Å²) in [6.45, 7) is 1.93. The Bertz CT molecular complexity index is 1070. The number of hydrogen-bond donors (Lipinski definition) is 2. The molecule has 134 valence electrons. The first kappa shape index (κ1) is 17.0. The number of aromatic amines is 1. The number of nitrogens with one attached hydrogen (secondary N) is 2. The average Bonchev–Trinajstić information content (AvgIpc) is 3.41. The summed E-state index contributed by atoms with van der Waals surface area (Å²) in [6, 6.07) is 9.39. The molecule has 0 saturated heterocycles. The van der Waals surface area contributed by atoms with Crippen LogP contribution in [0.2, 0.25) is 0 Å². The van der Waals surface area contributed by atoms with Gasteiger partial charge in [-0.1, -0.05) is 28.1 Å². The molecule has 1 amide bonds. The van der Waals surface area contributed by atoms with Crippen LogP contribution in [0.15, 0.2) is 39.6 Å². The maximum atomic E-state index is 13.0. The van der Waals surface area contributed by atoms with E-state index >= 15 is 0 Å². The highest BCUT2D eigenvalue weighted by Crippen LogP contribution is 2.40. The average molecular weight is 415 g/mol. The molecule has 0 spiro atoms. The summed E-state index contributed by atoms with van der Waals surface area (Å²) >= 11 is 3.45. The summed E-state index contributed by atoms with van der Waals surface area (Å²) in [7, 11) is 1.74. The molecule has 1 aliphatic carbocycles. The third-order valence-corrected chi connectivity index (χ3v) is 5.26. The zero-order chi connectivity index (χ0) is 18.4. The van der Waals surface area contributed by atoms with Crippen molar-refractivity contribution in [1.82, 2.24) is 20.1 Å². The summed E-state index contributed by atoms with van der Waals surface area (Å²) < 4.78 is 2.54. The highest BCUT2D eigenvalue weighted by atomic mass is 79.9. The third kappa shape index (κ3) is 3.07. The first-order valence-corrected chi connectivity index (χ1v) is 9.39. The lowest BCUT2D eigenvalue weighted by Gasteiger charge is -2.15.